The molecule has 1 atom stereocenters. The molecule has 0 aliphatic carbocycles. The predicted molar refractivity (Wildman–Crippen MR) is 80.8 cm³/mol. The highest BCUT2D eigenvalue weighted by Gasteiger charge is 2.23. The Hall–Kier alpha value is -1.77. The first-order valence-electron chi connectivity index (χ1n) is 6.17. The van der Waals surface area contributed by atoms with Crippen LogP contribution in [0.1, 0.15) is 21.8 Å². The van der Waals surface area contributed by atoms with Crippen molar-refractivity contribution in [2.75, 3.05) is 6.61 Å². The van der Waals surface area contributed by atoms with Gasteiger partial charge in [-0.1, -0.05) is 0 Å². The first kappa shape index (κ1) is 15.6. The van der Waals surface area contributed by atoms with Gasteiger partial charge in [0.2, 0.25) is 0 Å². The number of thiazole rings is 1. The van der Waals surface area contributed by atoms with Gasteiger partial charge in [0.1, 0.15) is 15.9 Å². The highest BCUT2D eigenvalue weighted by Crippen LogP contribution is 2.29. The van der Waals surface area contributed by atoms with Gasteiger partial charge in [0.15, 0.2) is 0 Å². The molecule has 0 unspecified atom stereocenters. The van der Waals surface area contributed by atoms with Crippen molar-refractivity contribution in [3.63, 3.8) is 0 Å². The van der Waals surface area contributed by atoms with Crippen molar-refractivity contribution in [3.05, 3.63) is 27.4 Å². The van der Waals surface area contributed by atoms with E-state index in [2.05, 4.69) is 10.3 Å². The van der Waals surface area contributed by atoms with Crippen molar-refractivity contribution in [1.82, 2.24) is 10.3 Å². The van der Waals surface area contributed by atoms with Gasteiger partial charge in [-0.2, -0.15) is 11.3 Å². The molecule has 0 saturated heterocycles. The maximum absolute atomic E-state index is 12.2. The van der Waals surface area contributed by atoms with Gasteiger partial charge in [-0.3, -0.25) is 4.79 Å². The summed E-state index contributed by atoms with van der Waals surface area (Å²) in [4.78, 5) is 27.9. The standard InChI is InChI=1S/C13H14N2O4S2/c1-7-10(11(17)15-9(2-4-16)13(18)19)21-12(14-7)8-3-5-20-6-8/h3,5-6,9,16H,2,4H2,1H3,(H,15,17)(H,18,19)/t9-/m0/s1. The molecule has 0 fully saturated rings. The maximum atomic E-state index is 12.2. The number of aliphatic hydroxyl groups excluding tert-OH is 1. The topological polar surface area (TPSA) is 99.5 Å². The summed E-state index contributed by atoms with van der Waals surface area (Å²) in [6, 6.07) is 0.810. The molecule has 0 spiro atoms. The molecular weight excluding hydrogens is 312 g/mol. The second-order valence-corrected chi connectivity index (χ2v) is 6.10. The van der Waals surface area contributed by atoms with Crippen LogP contribution in [0.15, 0.2) is 16.8 Å². The Kier molecular flexibility index (Phi) is 5.05. The van der Waals surface area contributed by atoms with Crippen LogP contribution < -0.4 is 5.32 Å². The molecule has 6 nitrogen and oxygen atoms in total. The Morgan fingerprint density at radius 3 is 2.81 bits per heavy atom. The number of hydrogen-bond acceptors (Lipinski definition) is 6. The van der Waals surface area contributed by atoms with Gasteiger partial charge in [-0.05, 0) is 18.4 Å². The summed E-state index contributed by atoms with van der Waals surface area (Å²) in [6.45, 7) is 1.40. The summed E-state index contributed by atoms with van der Waals surface area (Å²) in [5.41, 5.74) is 1.50. The van der Waals surface area contributed by atoms with Crippen LogP contribution in [0.5, 0.6) is 0 Å². The number of aliphatic hydroxyl groups is 1. The normalized spacial score (nSPS) is 12.1. The van der Waals surface area contributed by atoms with Crippen LogP contribution in [-0.4, -0.2) is 39.7 Å². The van der Waals surface area contributed by atoms with Gasteiger partial charge in [0.05, 0.1) is 5.69 Å². The van der Waals surface area contributed by atoms with E-state index >= 15 is 0 Å². The van der Waals surface area contributed by atoms with Gasteiger partial charge in [-0.25, -0.2) is 9.78 Å². The number of thiophene rings is 1. The van der Waals surface area contributed by atoms with Crippen LogP contribution in [0.4, 0.5) is 0 Å². The van der Waals surface area contributed by atoms with Gasteiger partial charge in [-0.15, -0.1) is 11.3 Å². The zero-order chi connectivity index (χ0) is 15.4. The van der Waals surface area contributed by atoms with Crippen LogP contribution in [0.3, 0.4) is 0 Å². The van der Waals surface area contributed by atoms with E-state index in [1.807, 2.05) is 16.8 Å². The number of carbonyl (C=O) groups is 2. The smallest absolute Gasteiger partial charge is 0.326 e. The van der Waals surface area contributed by atoms with Crippen LogP contribution in [0.25, 0.3) is 10.6 Å². The Morgan fingerprint density at radius 2 is 2.24 bits per heavy atom. The number of hydrogen-bond donors (Lipinski definition) is 3. The predicted octanol–water partition coefficient (Wildman–Crippen LogP) is 1.75. The molecule has 0 saturated carbocycles. The molecule has 0 aliphatic rings. The summed E-state index contributed by atoms with van der Waals surface area (Å²) in [7, 11) is 0. The third-order valence-electron chi connectivity index (χ3n) is 2.79. The molecule has 21 heavy (non-hydrogen) atoms. The minimum atomic E-state index is -1.17. The Labute approximate surface area is 129 Å². The van der Waals surface area contributed by atoms with E-state index in [1.54, 1.807) is 6.92 Å². The number of carbonyl (C=O) groups excluding carboxylic acids is 1. The van der Waals surface area contributed by atoms with Gasteiger partial charge < -0.3 is 15.5 Å². The van der Waals surface area contributed by atoms with E-state index in [-0.39, 0.29) is 13.0 Å². The minimum absolute atomic E-state index is 0.0314. The van der Waals surface area contributed by atoms with Crippen molar-refractivity contribution in [3.8, 4) is 10.6 Å². The lowest BCUT2D eigenvalue weighted by Gasteiger charge is -2.12. The molecule has 8 heteroatoms. The lowest BCUT2D eigenvalue weighted by molar-refractivity contribution is -0.139. The van der Waals surface area contributed by atoms with Crippen molar-refractivity contribution in [2.45, 2.75) is 19.4 Å². The summed E-state index contributed by atoms with van der Waals surface area (Å²) < 4.78 is 0. The van der Waals surface area contributed by atoms with Crippen molar-refractivity contribution >= 4 is 34.6 Å². The van der Waals surface area contributed by atoms with Crippen LogP contribution >= 0.6 is 22.7 Å². The van der Waals surface area contributed by atoms with Crippen molar-refractivity contribution in [1.29, 1.82) is 0 Å². The second kappa shape index (κ2) is 6.79. The lowest BCUT2D eigenvalue weighted by atomic mass is 10.2. The molecule has 0 aliphatic heterocycles. The molecule has 0 radical (unpaired) electrons. The number of rotatable bonds is 6. The highest BCUT2D eigenvalue weighted by atomic mass is 32.1. The molecule has 2 aromatic heterocycles. The van der Waals surface area contributed by atoms with E-state index in [4.69, 9.17) is 10.2 Å². The Bertz CT molecular complexity index is 637. The quantitative estimate of drug-likeness (QED) is 0.751. The fourth-order valence-corrected chi connectivity index (χ4v) is 3.41. The van der Waals surface area contributed by atoms with Gasteiger partial charge >= 0.3 is 5.97 Å². The zero-order valence-electron chi connectivity index (χ0n) is 11.2. The monoisotopic (exact) mass is 326 g/mol. The van der Waals surface area contributed by atoms with E-state index < -0.39 is 17.9 Å². The van der Waals surface area contributed by atoms with Gasteiger partial charge in [0, 0.05) is 24.0 Å². The molecule has 0 bridgehead atoms. The number of nitrogens with one attached hydrogen (secondary N) is 1. The van der Waals surface area contributed by atoms with Crippen LogP contribution in [0, 0.1) is 6.92 Å². The van der Waals surface area contributed by atoms with E-state index in [0.29, 0.717) is 10.6 Å². The SMILES string of the molecule is Cc1nc(-c2ccsc2)sc1C(=O)N[C@@H](CCO)C(=O)O. The van der Waals surface area contributed by atoms with E-state index in [9.17, 15) is 9.59 Å². The number of nitrogens with zero attached hydrogens (tertiary/aromatic N) is 1. The largest absolute Gasteiger partial charge is 0.480 e. The number of aliphatic carboxylic acids is 1. The van der Waals surface area contributed by atoms with Gasteiger partial charge in [0.25, 0.3) is 5.91 Å². The van der Waals surface area contributed by atoms with Crippen LogP contribution in [0.2, 0.25) is 0 Å². The molecule has 2 heterocycles. The third-order valence-corrected chi connectivity index (χ3v) is 4.68. The average molecular weight is 326 g/mol. The average Bonchev–Trinajstić information content (AvgIpc) is 3.06. The number of aromatic nitrogens is 1. The number of amides is 1. The molecule has 0 aromatic carbocycles. The highest BCUT2D eigenvalue weighted by molar-refractivity contribution is 7.17. The molecular formula is C13H14N2O4S2. The van der Waals surface area contributed by atoms with Crippen molar-refractivity contribution in [2.24, 2.45) is 0 Å². The fourth-order valence-electron chi connectivity index (χ4n) is 1.73. The molecule has 112 valence electrons. The summed E-state index contributed by atoms with van der Waals surface area (Å²) in [6.07, 6.45) is -0.0314. The Morgan fingerprint density at radius 1 is 1.48 bits per heavy atom. The van der Waals surface area contributed by atoms with Crippen LogP contribution in [-0.2, 0) is 4.79 Å². The van der Waals surface area contributed by atoms with Crippen molar-refractivity contribution < 1.29 is 19.8 Å². The second-order valence-electron chi connectivity index (χ2n) is 4.32. The van der Waals surface area contributed by atoms with E-state index in [1.165, 1.54) is 22.7 Å². The fraction of sp³-hybridized carbons (Fsp3) is 0.308. The summed E-state index contributed by atoms with van der Waals surface area (Å²) >= 11 is 2.76. The maximum Gasteiger partial charge on any atom is 0.326 e. The molecule has 3 N–H and O–H groups in total. The number of carboxylic acid groups (broad SMARTS) is 1. The summed E-state index contributed by atoms with van der Waals surface area (Å²) in [5, 5.41) is 24.8. The third kappa shape index (κ3) is 3.66. The Balaban J connectivity index is 2.18. The summed E-state index contributed by atoms with van der Waals surface area (Å²) in [5.74, 6) is -1.65. The molecule has 1 amide bonds. The molecule has 2 aromatic rings. The first-order valence-corrected chi connectivity index (χ1v) is 7.93. The minimum Gasteiger partial charge on any atom is -0.480 e. The first-order chi connectivity index (χ1) is 10.0. The number of carboxylic acids is 1. The lowest BCUT2D eigenvalue weighted by Crippen LogP contribution is -2.41. The zero-order valence-corrected chi connectivity index (χ0v) is 12.8. The molecule has 2 rings (SSSR count). The number of aryl methyl sites for hydroxylation is 1. The van der Waals surface area contributed by atoms with E-state index in [0.717, 1.165) is 10.6 Å².